The van der Waals surface area contributed by atoms with Gasteiger partial charge in [-0.25, -0.2) is 9.00 Å². The van der Waals surface area contributed by atoms with Crippen LogP contribution >= 0.6 is 0 Å². The number of rotatable bonds is 5. The normalized spacial score (nSPS) is 23.9. The van der Waals surface area contributed by atoms with Gasteiger partial charge in [0.25, 0.3) is 5.91 Å². The molecule has 1 aromatic rings. The fraction of sp³-hybridized carbons (Fsp3) is 0.789. The van der Waals surface area contributed by atoms with E-state index in [0.29, 0.717) is 32.5 Å². The largest absolute Gasteiger partial charge is 0.437 e. The Balaban J connectivity index is 1.54. The Morgan fingerprint density at radius 1 is 1.30 bits per heavy atom. The van der Waals surface area contributed by atoms with Gasteiger partial charge in [-0.1, -0.05) is 13.8 Å². The Labute approximate surface area is 176 Å². The first-order chi connectivity index (χ1) is 13.9. The van der Waals surface area contributed by atoms with Gasteiger partial charge in [-0.3, -0.25) is 9.59 Å². The standard InChI is InChI=1S/C19H30N4O6S/c1-13-20-23(18(26)29-13)11-17(25)22-7-5-15(6-8-22)30(4,27)21-16(24)9-14-10-19(2,3)12-28-14/h14-15H,5-12H2,1-4H3. The van der Waals surface area contributed by atoms with Crippen molar-refractivity contribution in [1.82, 2.24) is 14.7 Å². The maximum absolute atomic E-state index is 13.1. The lowest BCUT2D eigenvalue weighted by molar-refractivity contribution is -0.133. The molecule has 3 heterocycles. The van der Waals surface area contributed by atoms with E-state index in [1.807, 2.05) is 0 Å². The van der Waals surface area contributed by atoms with E-state index in [2.05, 4.69) is 23.3 Å². The highest BCUT2D eigenvalue weighted by Crippen LogP contribution is 2.33. The summed E-state index contributed by atoms with van der Waals surface area (Å²) in [5, 5.41) is 3.60. The minimum Gasteiger partial charge on any atom is -0.393 e. The Kier molecular flexibility index (Phi) is 6.51. The molecule has 30 heavy (non-hydrogen) atoms. The van der Waals surface area contributed by atoms with E-state index in [1.165, 1.54) is 13.2 Å². The minimum atomic E-state index is -2.71. The predicted octanol–water partition coefficient (Wildman–Crippen LogP) is 0.965. The van der Waals surface area contributed by atoms with Crippen LogP contribution in [0.4, 0.5) is 0 Å². The number of aromatic nitrogens is 2. The van der Waals surface area contributed by atoms with Gasteiger partial charge in [0.1, 0.15) is 6.54 Å². The van der Waals surface area contributed by atoms with Crippen LogP contribution in [0.3, 0.4) is 0 Å². The van der Waals surface area contributed by atoms with Crippen LogP contribution in [0, 0.1) is 12.3 Å². The molecule has 2 atom stereocenters. The fourth-order valence-electron chi connectivity index (χ4n) is 4.00. The second kappa shape index (κ2) is 8.62. The van der Waals surface area contributed by atoms with E-state index in [4.69, 9.17) is 9.15 Å². The molecule has 0 spiro atoms. The van der Waals surface area contributed by atoms with E-state index in [1.54, 1.807) is 4.90 Å². The highest BCUT2D eigenvalue weighted by atomic mass is 32.2. The van der Waals surface area contributed by atoms with E-state index >= 15 is 0 Å². The number of carbonyl (C=O) groups is 2. The van der Waals surface area contributed by atoms with Crippen molar-refractivity contribution >= 4 is 21.5 Å². The predicted molar refractivity (Wildman–Crippen MR) is 109 cm³/mol. The van der Waals surface area contributed by atoms with Crippen molar-refractivity contribution in [1.29, 1.82) is 0 Å². The van der Waals surface area contributed by atoms with Gasteiger partial charge in [0.2, 0.25) is 11.8 Å². The molecule has 0 aromatic carbocycles. The Morgan fingerprint density at radius 3 is 2.50 bits per heavy atom. The number of hydrogen-bond donors (Lipinski definition) is 0. The number of nitrogens with zero attached hydrogens (tertiary/aromatic N) is 4. The SMILES string of the molecule is Cc1nn(CC(=O)N2CCC(S(C)(=O)=NC(=O)CC3CC(C)(C)CO3)CC2)c(=O)o1. The summed E-state index contributed by atoms with van der Waals surface area (Å²) in [6.45, 7) is 6.92. The Morgan fingerprint density at radius 2 is 1.97 bits per heavy atom. The van der Waals surface area contributed by atoms with Gasteiger partial charge in [-0.05, 0) is 24.7 Å². The Hall–Kier alpha value is -2.01. The summed E-state index contributed by atoms with van der Waals surface area (Å²) in [4.78, 5) is 38.0. The molecule has 0 saturated carbocycles. The molecule has 3 rings (SSSR count). The van der Waals surface area contributed by atoms with Crippen LogP contribution in [0.2, 0.25) is 0 Å². The first-order valence-corrected chi connectivity index (χ1v) is 12.1. The van der Waals surface area contributed by atoms with Gasteiger partial charge < -0.3 is 14.1 Å². The fourth-order valence-corrected chi connectivity index (χ4v) is 5.71. The van der Waals surface area contributed by atoms with E-state index in [0.717, 1.165) is 11.1 Å². The molecule has 2 fully saturated rings. The van der Waals surface area contributed by atoms with Gasteiger partial charge in [0, 0.05) is 31.5 Å². The van der Waals surface area contributed by atoms with E-state index < -0.39 is 15.5 Å². The third kappa shape index (κ3) is 5.57. The second-order valence-electron chi connectivity index (χ2n) is 8.98. The van der Waals surface area contributed by atoms with Crippen LogP contribution in [0.15, 0.2) is 13.6 Å². The van der Waals surface area contributed by atoms with Crippen molar-refractivity contribution < 1.29 is 23.0 Å². The smallest absolute Gasteiger partial charge is 0.393 e. The van der Waals surface area contributed by atoms with E-state index in [9.17, 15) is 18.6 Å². The monoisotopic (exact) mass is 442 g/mol. The number of ether oxygens (including phenoxy) is 1. The number of aryl methyl sites for hydroxylation is 1. The molecule has 0 radical (unpaired) electrons. The minimum absolute atomic E-state index is 0.0494. The summed E-state index contributed by atoms with van der Waals surface area (Å²) >= 11 is 0. The van der Waals surface area contributed by atoms with Crippen molar-refractivity contribution in [2.45, 2.75) is 64.4 Å². The van der Waals surface area contributed by atoms with Crippen LogP contribution in [0.5, 0.6) is 0 Å². The lowest BCUT2D eigenvalue weighted by Gasteiger charge is -2.32. The molecule has 2 amide bonds. The molecule has 10 nitrogen and oxygen atoms in total. The zero-order valence-corrected chi connectivity index (χ0v) is 18.8. The molecule has 0 bridgehead atoms. The third-order valence-corrected chi connectivity index (χ3v) is 7.86. The summed E-state index contributed by atoms with van der Waals surface area (Å²) < 4.78 is 28.5. The van der Waals surface area contributed by atoms with Crippen LogP contribution in [0.25, 0.3) is 0 Å². The first kappa shape index (κ1) is 22.7. The molecule has 0 aliphatic carbocycles. The van der Waals surface area contributed by atoms with Crippen molar-refractivity contribution in [3.8, 4) is 0 Å². The zero-order chi connectivity index (χ0) is 22.1. The molecular weight excluding hydrogens is 412 g/mol. The number of hydrogen-bond acceptors (Lipinski definition) is 7. The molecular formula is C19H30N4O6S. The molecule has 168 valence electrons. The van der Waals surface area contributed by atoms with Crippen molar-refractivity contribution in [3.63, 3.8) is 0 Å². The molecule has 2 aliphatic heterocycles. The summed E-state index contributed by atoms with van der Waals surface area (Å²) in [6, 6.07) is 0. The highest BCUT2D eigenvalue weighted by Gasteiger charge is 2.34. The zero-order valence-electron chi connectivity index (χ0n) is 18.0. The van der Waals surface area contributed by atoms with Crippen LogP contribution < -0.4 is 5.76 Å². The first-order valence-electron chi connectivity index (χ1n) is 10.1. The number of piperidine rings is 1. The van der Waals surface area contributed by atoms with Crippen LogP contribution in [0.1, 0.15) is 45.4 Å². The molecule has 1 aromatic heterocycles. The Bertz CT molecular complexity index is 979. The molecule has 2 aliphatic rings. The summed E-state index contributed by atoms with van der Waals surface area (Å²) in [6.07, 6.45) is 3.25. The van der Waals surface area contributed by atoms with Gasteiger partial charge in [0.15, 0.2) is 0 Å². The number of amides is 2. The second-order valence-corrected chi connectivity index (χ2v) is 11.5. The van der Waals surface area contributed by atoms with Gasteiger partial charge in [-0.15, -0.1) is 5.10 Å². The lowest BCUT2D eigenvalue weighted by atomic mass is 9.90. The molecule has 2 saturated heterocycles. The lowest BCUT2D eigenvalue weighted by Crippen LogP contribution is -2.44. The molecule has 2 unspecified atom stereocenters. The number of carbonyl (C=O) groups excluding carboxylic acids is 2. The van der Waals surface area contributed by atoms with Crippen molar-refractivity contribution in [2.24, 2.45) is 9.78 Å². The maximum atomic E-state index is 13.1. The highest BCUT2D eigenvalue weighted by molar-refractivity contribution is 7.93. The number of likely N-dealkylation sites (tertiary alicyclic amines) is 1. The topological polar surface area (TPSA) is 124 Å². The quantitative estimate of drug-likeness (QED) is 0.665. The van der Waals surface area contributed by atoms with E-state index in [-0.39, 0.29) is 47.4 Å². The van der Waals surface area contributed by atoms with Crippen molar-refractivity contribution in [3.05, 3.63) is 16.4 Å². The van der Waals surface area contributed by atoms with Gasteiger partial charge >= 0.3 is 5.76 Å². The van der Waals surface area contributed by atoms with Crippen LogP contribution in [-0.4, -0.2) is 68.0 Å². The summed E-state index contributed by atoms with van der Waals surface area (Å²) in [7, 11) is -2.71. The summed E-state index contributed by atoms with van der Waals surface area (Å²) in [5.41, 5.74) is 0.0494. The van der Waals surface area contributed by atoms with Crippen molar-refractivity contribution in [2.75, 3.05) is 26.0 Å². The average Bonchev–Trinajstić information content (AvgIpc) is 3.14. The van der Waals surface area contributed by atoms with Gasteiger partial charge in [0.05, 0.1) is 28.9 Å². The van der Waals surface area contributed by atoms with Gasteiger partial charge in [-0.2, -0.15) is 9.04 Å². The third-order valence-electron chi connectivity index (χ3n) is 5.58. The molecule has 11 heteroatoms. The molecule has 0 N–H and O–H groups in total. The maximum Gasteiger partial charge on any atom is 0.437 e. The van der Waals surface area contributed by atoms with Crippen LogP contribution in [-0.2, 0) is 30.6 Å². The summed E-state index contributed by atoms with van der Waals surface area (Å²) in [5.74, 6) is -1.10. The average molecular weight is 443 g/mol.